The van der Waals surface area contributed by atoms with Crippen LogP contribution in [0.15, 0.2) is 42.5 Å². The van der Waals surface area contributed by atoms with Crippen molar-refractivity contribution in [2.45, 2.75) is 37.4 Å². The van der Waals surface area contributed by atoms with Gasteiger partial charge in [-0.1, -0.05) is 24.3 Å². The molecule has 8 nitrogen and oxygen atoms in total. The van der Waals surface area contributed by atoms with Crippen LogP contribution in [0.2, 0.25) is 0 Å². The van der Waals surface area contributed by atoms with E-state index in [2.05, 4.69) is 17.4 Å². The minimum Gasteiger partial charge on any atom is -0.366 e. The van der Waals surface area contributed by atoms with Crippen molar-refractivity contribution in [3.63, 3.8) is 0 Å². The van der Waals surface area contributed by atoms with Crippen LogP contribution in [0.25, 0.3) is 0 Å². The molecule has 3 aliphatic rings. The number of nitrogens with one attached hydrogen (secondary N) is 1. The molecule has 3 atom stereocenters. The normalized spacial score (nSPS) is 24.8. The predicted octanol–water partition coefficient (Wildman–Crippen LogP) is 1.15. The smallest absolute Gasteiger partial charge is 0.262 e. The van der Waals surface area contributed by atoms with E-state index in [1.807, 2.05) is 24.1 Å². The zero-order valence-electron chi connectivity index (χ0n) is 17.0. The van der Waals surface area contributed by atoms with Gasteiger partial charge in [-0.05, 0) is 42.2 Å². The fourth-order valence-electron chi connectivity index (χ4n) is 4.94. The number of rotatable bonds is 3. The highest BCUT2D eigenvalue weighted by Crippen LogP contribution is 2.38. The van der Waals surface area contributed by atoms with E-state index in [0.29, 0.717) is 0 Å². The Hall–Kier alpha value is -3.52. The SMILES string of the molecule is CN(c1ccc2c(c1)C(=O)N(C1CCC(=O)NC1=O)C2=O)[C@H]1c2ccccc2C[C@H]1N. The predicted molar refractivity (Wildman–Crippen MR) is 112 cm³/mol. The van der Waals surface area contributed by atoms with Crippen LogP contribution in [-0.4, -0.2) is 47.7 Å². The van der Waals surface area contributed by atoms with Gasteiger partial charge in [-0.25, -0.2) is 0 Å². The van der Waals surface area contributed by atoms with Gasteiger partial charge in [-0.3, -0.25) is 29.4 Å². The number of amides is 4. The maximum atomic E-state index is 13.1. The minimum absolute atomic E-state index is 0.0484. The van der Waals surface area contributed by atoms with Gasteiger partial charge in [0.25, 0.3) is 11.8 Å². The lowest BCUT2D eigenvalue weighted by Crippen LogP contribution is -2.54. The molecule has 0 saturated carbocycles. The number of hydrogen-bond donors (Lipinski definition) is 2. The third kappa shape index (κ3) is 2.94. The van der Waals surface area contributed by atoms with E-state index in [1.165, 1.54) is 5.56 Å². The molecule has 1 aliphatic carbocycles. The van der Waals surface area contributed by atoms with Crippen molar-refractivity contribution < 1.29 is 19.2 Å². The molecule has 158 valence electrons. The van der Waals surface area contributed by atoms with Crippen LogP contribution < -0.4 is 16.0 Å². The molecule has 31 heavy (non-hydrogen) atoms. The van der Waals surface area contributed by atoms with Gasteiger partial charge in [-0.2, -0.15) is 0 Å². The molecule has 1 unspecified atom stereocenters. The molecule has 2 aromatic rings. The van der Waals surface area contributed by atoms with E-state index in [4.69, 9.17) is 5.73 Å². The average Bonchev–Trinajstić information content (AvgIpc) is 3.21. The van der Waals surface area contributed by atoms with Gasteiger partial charge < -0.3 is 10.6 Å². The van der Waals surface area contributed by atoms with Crippen LogP contribution in [0.4, 0.5) is 5.69 Å². The number of benzene rings is 2. The summed E-state index contributed by atoms with van der Waals surface area (Å²) in [5.74, 6) is -2.03. The molecule has 2 aliphatic heterocycles. The van der Waals surface area contributed by atoms with Gasteiger partial charge in [0.15, 0.2) is 0 Å². The lowest BCUT2D eigenvalue weighted by molar-refractivity contribution is -0.136. The summed E-state index contributed by atoms with van der Waals surface area (Å²) in [6, 6.07) is 12.1. The van der Waals surface area contributed by atoms with Crippen LogP contribution >= 0.6 is 0 Å². The molecule has 0 aromatic heterocycles. The second-order valence-corrected chi connectivity index (χ2v) is 8.30. The monoisotopic (exact) mass is 418 g/mol. The Bertz CT molecular complexity index is 1140. The maximum Gasteiger partial charge on any atom is 0.262 e. The lowest BCUT2D eigenvalue weighted by atomic mass is 10.0. The van der Waals surface area contributed by atoms with Crippen molar-refractivity contribution in [3.05, 3.63) is 64.7 Å². The Morgan fingerprint density at radius 3 is 2.55 bits per heavy atom. The standard InChI is InChI=1S/C23H22N4O4/c1-26(20-14-5-3-2-4-12(14)10-17(20)24)13-6-7-15-16(11-13)23(31)27(22(15)30)18-8-9-19(28)25-21(18)29/h2-7,11,17-18,20H,8-10,24H2,1H3,(H,25,28,29)/t17-,18?,20+/m1/s1. The lowest BCUT2D eigenvalue weighted by Gasteiger charge is -2.31. The largest absolute Gasteiger partial charge is 0.366 e. The average molecular weight is 418 g/mol. The molecule has 1 saturated heterocycles. The van der Waals surface area contributed by atoms with E-state index in [0.717, 1.165) is 22.6 Å². The molecule has 2 heterocycles. The summed E-state index contributed by atoms with van der Waals surface area (Å²) in [6.07, 6.45) is 1.00. The van der Waals surface area contributed by atoms with Gasteiger partial charge in [0, 0.05) is 25.2 Å². The number of nitrogens with zero attached hydrogens (tertiary/aromatic N) is 2. The van der Waals surface area contributed by atoms with Crippen molar-refractivity contribution in [3.8, 4) is 0 Å². The summed E-state index contributed by atoms with van der Waals surface area (Å²) >= 11 is 0. The summed E-state index contributed by atoms with van der Waals surface area (Å²) < 4.78 is 0. The Morgan fingerprint density at radius 1 is 1.03 bits per heavy atom. The Morgan fingerprint density at radius 2 is 1.77 bits per heavy atom. The van der Waals surface area contributed by atoms with Crippen molar-refractivity contribution in [2.75, 3.05) is 11.9 Å². The number of imide groups is 2. The summed E-state index contributed by atoms with van der Waals surface area (Å²) in [5.41, 5.74) is 10.1. The second kappa shape index (κ2) is 7.02. The van der Waals surface area contributed by atoms with E-state index < -0.39 is 29.7 Å². The number of hydrogen-bond acceptors (Lipinski definition) is 6. The molecule has 0 radical (unpaired) electrons. The third-order valence-electron chi connectivity index (χ3n) is 6.48. The Labute approximate surface area is 179 Å². The van der Waals surface area contributed by atoms with Crippen molar-refractivity contribution >= 4 is 29.3 Å². The van der Waals surface area contributed by atoms with E-state index in [9.17, 15) is 19.2 Å². The van der Waals surface area contributed by atoms with Crippen LogP contribution in [0.3, 0.4) is 0 Å². The molecular formula is C23H22N4O4. The number of piperidine rings is 1. The second-order valence-electron chi connectivity index (χ2n) is 8.30. The van der Waals surface area contributed by atoms with E-state index >= 15 is 0 Å². The first-order chi connectivity index (χ1) is 14.9. The minimum atomic E-state index is -0.971. The van der Waals surface area contributed by atoms with Crippen molar-refractivity contribution in [2.24, 2.45) is 5.73 Å². The first kappa shape index (κ1) is 19.4. The molecule has 4 amide bonds. The highest BCUT2D eigenvalue weighted by atomic mass is 16.2. The molecule has 8 heteroatoms. The summed E-state index contributed by atoms with van der Waals surface area (Å²) in [6.45, 7) is 0. The zero-order valence-corrected chi connectivity index (χ0v) is 17.0. The van der Waals surface area contributed by atoms with E-state index in [1.54, 1.807) is 18.2 Å². The molecule has 3 N–H and O–H groups in total. The van der Waals surface area contributed by atoms with Crippen molar-refractivity contribution in [1.29, 1.82) is 0 Å². The summed E-state index contributed by atoms with van der Waals surface area (Å²) in [7, 11) is 1.92. The van der Waals surface area contributed by atoms with E-state index in [-0.39, 0.29) is 36.1 Å². The number of carbonyl (C=O) groups excluding carboxylic acids is 4. The highest BCUT2D eigenvalue weighted by molar-refractivity contribution is 6.23. The molecule has 5 rings (SSSR count). The van der Waals surface area contributed by atoms with Crippen LogP contribution in [0.1, 0.15) is 50.7 Å². The van der Waals surface area contributed by atoms with Gasteiger partial charge >= 0.3 is 0 Å². The number of fused-ring (bicyclic) bond motifs is 2. The highest BCUT2D eigenvalue weighted by Gasteiger charge is 2.45. The van der Waals surface area contributed by atoms with Gasteiger partial charge in [-0.15, -0.1) is 0 Å². The van der Waals surface area contributed by atoms with Crippen LogP contribution in [0.5, 0.6) is 0 Å². The third-order valence-corrected chi connectivity index (χ3v) is 6.48. The first-order valence-corrected chi connectivity index (χ1v) is 10.3. The maximum absolute atomic E-state index is 13.1. The molecule has 1 fully saturated rings. The Kier molecular flexibility index (Phi) is 4.40. The Balaban J connectivity index is 1.46. The van der Waals surface area contributed by atoms with Gasteiger partial charge in [0.2, 0.25) is 11.8 Å². The van der Waals surface area contributed by atoms with Crippen LogP contribution in [-0.2, 0) is 16.0 Å². The zero-order chi connectivity index (χ0) is 21.9. The fourth-order valence-corrected chi connectivity index (χ4v) is 4.94. The fraction of sp³-hybridized carbons (Fsp3) is 0.304. The molecule has 2 aromatic carbocycles. The summed E-state index contributed by atoms with van der Waals surface area (Å²) in [5, 5.41) is 2.21. The van der Waals surface area contributed by atoms with Gasteiger partial charge in [0.05, 0.1) is 17.2 Å². The van der Waals surface area contributed by atoms with Crippen LogP contribution in [0, 0.1) is 0 Å². The summed E-state index contributed by atoms with van der Waals surface area (Å²) in [4.78, 5) is 52.7. The molecule has 0 spiro atoms. The van der Waals surface area contributed by atoms with Crippen molar-refractivity contribution in [1.82, 2.24) is 10.2 Å². The first-order valence-electron chi connectivity index (χ1n) is 10.3. The quantitative estimate of drug-likeness (QED) is 0.723. The number of anilines is 1. The van der Waals surface area contributed by atoms with Gasteiger partial charge in [0.1, 0.15) is 6.04 Å². The number of nitrogens with two attached hydrogens (primary N) is 1. The molecule has 0 bridgehead atoms. The number of likely N-dealkylation sites (N-methyl/N-ethyl adjacent to an activating group) is 1. The topological polar surface area (TPSA) is 113 Å². The molecular weight excluding hydrogens is 396 g/mol. The number of carbonyl (C=O) groups is 4.